The van der Waals surface area contributed by atoms with Gasteiger partial charge in [0.05, 0.1) is 25.0 Å². The quantitative estimate of drug-likeness (QED) is 0.611. The Morgan fingerprint density at radius 3 is 2.30 bits per heavy atom. The van der Waals surface area contributed by atoms with Crippen molar-refractivity contribution in [3.05, 3.63) is 40.3 Å². The summed E-state index contributed by atoms with van der Waals surface area (Å²) in [5.41, 5.74) is 0. The van der Waals surface area contributed by atoms with Gasteiger partial charge in [0.2, 0.25) is 0 Å². The molecule has 0 aliphatic heterocycles. The second-order valence-corrected chi connectivity index (χ2v) is 6.41. The van der Waals surface area contributed by atoms with E-state index in [0.717, 1.165) is 4.90 Å². The fourth-order valence-corrected chi connectivity index (χ4v) is 3.37. The van der Waals surface area contributed by atoms with E-state index in [4.69, 9.17) is 11.6 Å². The number of halogens is 1. The van der Waals surface area contributed by atoms with Crippen LogP contribution in [0.4, 0.5) is 0 Å². The molecular weight excluding hydrogens is 340 g/mol. The Balaban J connectivity index is 2.26. The normalized spacial score (nSPS) is 20.7. The van der Waals surface area contributed by atoms with Crippen LogP contribution in [0.2, 0.25) is 5.02 Å². The van der Waals surface area contributed by atoms with Crippen molar-refractivity contribution in [3.8, 4) is 0 Å². The number of ketones is 1. The summed E-state index contributed by atoms with van der Waals surface area (Å²) in [7, 11) is 2.41. The van der Waals surface area contributed by atoms with Crippen molar-refractivity contribution in [2.45, 2.75) is 11.3 Å². The zero-order chi connectivity index (χ0) is 17.0. The molecule has 2 rings (SSSR count). The lowest BCUT2D eigenvalue weighted by Gasteiger charge is -2.26. The zero-order valence-corrected chi connectivity index (χ0v) is 14.1. The number of carbonyl (C=O) groups excluding carboxylic acids is 3. The molecule has 5 nitrogen and oxygen atoms in total. The molecule has 2 atom stereocenters. The Labute approximate surface area is 143 Å². The van der Waals surface area contributed by atoms with Gasteiger partial charge >= 0.3 is 11.9 Å². The van der Waals surface area contributed by atoms with Crippen LogP contribution in [0.5, 0.6) is 0 Å². The van der Waals surface area contributed by atoms with Crippen molar-refractivity contribution in [1.29, 1.82) is 0 Å². The molecule has 1 aliphatic carbocycles. The van der Waals surface area contributed by atoms with Crippen molar-refractivity contribution in [2.24, 2.45) is 11.8 Å². The number of hydrogen-bond donors (Lipinski definition) is 0. The number of rotatable bonds is 4. The Kier molecular flexibility index (Phi) is 5.85. The summed E-state index contributed by atoms with van der Waals surface area (Å²) >= 11 is 7.06. The molecule has 122 valence electrons. The third-order valence-corrected chi connectivity index (χ3v) is 4.83. The molecule has 0 spiro atoms. The molecule has 0 bridgehead atoms. The minimum atomic E-state index is -1.17. The number of hydrogen-bond acceptors (Lipinski definition) is 6. The molecule has 0 aromatic heterocycles. The molecule has 0 fully saturated rings. The maximum Gasteiger partial charge on any atom is 0.317 e. The molecule has 0 saturated carbocycles. The third kappa shape index (κ3) is 3.95. The van der Waals surface area contributed by atoms with Gasteiger partial charge in [0.1, 0.15) is 5.92 Å². The smallest absolute Gasteiger partial charge is 0.317 e. The first kappa shape index (κ1) is 17.6. The summed E-state index contributed by atoms with van der Waals surface area (Å²) in [6.45, 7) is 0. The van der Waals surface area contributed by atoms with Crippen LogP contribution in [0, 0.1) is 11.8 Å². The van der Waals surface area contributed by atoms with E-state index in [1.54, 1.807) is 30.3 Å². The number of ether oxygens (including phenoxy) is 2. The highest BCUT2D eigenvalue weighted by molar-refractivity contribution is 8.04. The summed E-state index contributed by atoms with van der Waals surface area (Å²) in [6.07, 6.45) is 1.90. The van der Waals surface area contributed by atoms with Crippen LogP contribution in [0.25, 0.3) is 0 Å². The molecule has 0 heterocycles. The topological polar surface area (TPSA) is 69.7 Å². The van der Waals surface area contributed by atoms with E-state index in [2.05, 4.69) is 9.47 Å². The number of Topliss-reactive ketones (excluding diaryl/α,β-unsaturated/α-hetero) is 1. The molecule has 0 radical (unpaired) electrons. The van der Waals surface area contributed by atoms with E-state index >= 15 is 0 Å². The van der Waals surface area contributed by atoms with Crippen molar-refractivity contribution in [1.82, 2.24) is 0 Å². The first-order valence-corrected chi connectivity index (χ1v) is 8.00. The standard InChI is InChI=1S/C16H15ClO5S/c1-21-15(19)11-7-8-12(14(18)13(11)16(20)22-2)23-10-5-3-9(17)4-6-10/h3-6,8,11,13H,7H2,1-2H3/t11-,13+/m1/s1. The maximum absolute atomic E-state index is 12.6. The van der Waals surface area contributed by atoms with Gasteiger partial charge in [-0.05, 0) is 30.7 Å². The Morgan fingerprint density at radius 1 is 1.13 bits per heavy atom. The molecule has 0 amide bonds. The summed E-state index contributed by atoms with van der Waals surface area (Å²) in [5, 5.41) is 0.594. The highest BCUT2D eigenvalue weighted by atomic mass is 35.5. The van der Waals surface area contributed by atoms with E-state index < -0.39 is 29.6 Å². The van der Waals surface area contributed by atoms with E-state index in [-0.39, 0.29) is 6.42 Å². The Bertz CT molecular complexity index is 653. The number of allylic oxidation sites excluding steroid dienone is 2. The molecule has 0 unspecified atom stereocenters. The van der Waals surface area contributed by atoms with Crippen LogP contribution in [0.3, 0.4) is 0 Å². The summed E-state index contributed by atoms with van der Waals surface area (Å²) in [6, 6.07) is 6.99. The summed E-state index contributed by atoms with van der Waals surface area (Å²) in [5.74, 6) is -3.78. The SMILES string of the molecule is COC(=O)[C@@H]1C(=O)C(Sc2ccc(Cl)cc2)=CC[C@H]1C(=O)OC. The average molecular weight is 355 g/mol. The van der Waals surface area contributed by atoms with E-state index in [1.807, 2.05) is 0 Å². The van der Waals surface area contributed by atoms with Gasteiger partial charge in [0.15, 0.2) is 5.78 Å². The molecule has 1 aromatic carbocycles. The summed E-state index contributed by atoms with van der Waals surface area (Å²) < 4.78 is 9.36. The third-order valence-electron chi connectivity index (χ3n) is 3.49. The number of esters is 2. The highest BCUT2D eigenvalue weighted by Gasteiger charge is 2.44. The fourth-order valence-electron chi connectivity index (χ4n) is 2.31. The molecule has 1 aliphatic rings. The Hall–Kier alpha value is -1.79. The molecule has 7 heteroatoms. The van der Waals surface area contributed by atoms with Gasteiger partial charge in [0, 0.05) is 9.92 Å². The molecule has 1 aromatic rings. The fraction of sp³-hybridized carbons (Fsp3) is 0.312. The molecule has 23 heavy (non-hydrogen) atoms. The maximum atomic E-state index is 12.6. The van der Waals surface area contributed by atoms with Gasteiger partial charge in [-0.25, -0.2) is 0 Å². The predicted octanol–water partition coefficient (Wildman–Crippen LogP) is 2.87. The second-order valence-electron chi connectivity index (χ2n) is 4.85. The molecule has 0 N–H and O–H groups in total. The van der Waals surface area contributed by atoms with E-state index in [9.17, 15) is 14.4 Å². The average Bonchev–Trinajstić information content (AvgIpc) is 2.57. The van der Waals surface area contributed by atoms with Crippen molar-refractivity contribution < 1.29 is 23.9 Å². The van der Waals surface area contributed by atoms with Gasteiger partial charge in [-0.1, -0.05) is 29.4 Å². The van der Waals surface area contributed by atoms with Crippen LogP contribution in [-0.2, 0) is 23.9 Å². The number of carbonyl (C=O) groups is 3. The highest BCUT2D eigenvalue weighted by Crippen LogP contribution is 2.37. The Morgan fingerprint density at radius 2 is 1.74 bits per heavy atom. The van der Waals surface area contributed by atoms with Crippen molar-refractivity contribution >= 4 is 41.1 Å². The van der Waals surface area contributed by atoms with Crippen LogP contribution < -0.4 is 0 Å². The lowest BCUT2D eigenvalue weighted by atomic mass is 9.82. The van der Waals surface area contributed by atoms with E-state index in [1.165, 1.54) is 26.0 Å². The van der Waals surface area contributed by atoms with Gasteiger partial charge in [-0.15, -0.1) is 0 Å². The first-order chi connectivity index (χ1) is 11.0. The molecule has 0 saturated heterocycles. The minimum absolute atomic E-state index is 0.244. The first-order valence-electron chi connectivity index (χ1n) is 6.81. The number of methoxy groups -OCH3 is 2. The van der Waals surface area contributed by atoms with E-state index in [0.29, 0.717) is 9.93 Å². The van der Waals surface area contributed by atoms with Gasteiger partial charge in [0.25, 0.3) is 0 Å². The van der Waals surface area contributed by atoms with Crippen molar-refractivity contribution in [2.75, 3.05) is 14.2 Å². The second kappa shape index (κ2) is 7.66. The monoisotopic (exact) mass is 354 g/mol. The zero-order valence-electron chi connectivity index (χ0n) is 12.6. The van der Waals surface area contributed by atoms with Crippen LogP contribution in [-0.4, -0.2) is 31.9 Å². The minimum Gasteiger partial charge on any atom is -0.469 e. The lowest BCUT2D eigenvalue weighted by molar-refractivity contribution is -0.160. The molecular formula is C16H15ClO5S. The van der Waals surface area contributed by atoms with Gasteiger partial charge in [-0.3, -0.25) is 14.4 Å². The van der Waals surface area contributed by atoms with Crippen LogP contribution in [0.15, 0.2) is 40.1 Å². The van der Waals surface area contributed by atoms with Gasteiger partial charge in [-0.2, -0.15) is 0 Å². The van der Waals surface area contributed by atoms with Crippen LogP contribution in [0.1, 0.15) is 6.42 Å². The lowest BCUT2D eigenvalue weighted by Crippen LogP contribution is -2.39. The van der Waals surface area contributed by atoms with Gasteiger partial charge < -0.3 is 9.47 Å². The number of benzene rings is 1. The predicted molar refractivity (Wildman–Crippen MR) is 86.0 cm³/mol. The largest absolute Gasteiger partial charge is 0.469 e. The van der Waals surface area contributed by atoms with Crippen LogP contribution >= 0.6 is 23.4 Å². The number of thioether (sulfide) groups is 1. The van der Waals surface area contributed by atoms with Crippen molar-refractivity contribution in [3.63, 3.8) is 0 Å². The summed E-state index contributed by atoms with van der Waals surface area (Å²) in [4.78, 5) is 37.6.